The summed E-state index contributed by atoms with van der Waals surface area (Å²) in [6.45, 7) is 0.144. The van der Waals surface area contributed by atoms with Gasteiger partial charge in [0.25, 0.3) is 5.91 Å². The lowest BCUT2D eigenvalue weighted by Crippen LogP contribution is -2.43. The summed E-state index contributed by atoms with van der Waals surface area (Å²) in [6, 6.07) is 21.7. The summed E-state index contributed by atoms with van der Waals surface area (Å²) < 4.78 is 29.8. The minimum absolute atomic E-state index is 0.0253. The van der Waals surface area contributed by atoms with Crippen LogP contribution in [0.5, 0.6) is 5.75 Å². The molecular formula is C25H23Cl2NO4S. The second kappa shape index (κ2) is 10.2. The maximum Gasteiger partial charge on any atom is 0.261 e. The molecule has 3 aromatic rings. The number of carbonyl (C=O) groups is 1. The Kier molecular flexibility index (Phi) is 7.27. The second-order valence-electron chi connectivity index (χ2n) is 8.00. The van der Waals surface area contributed by atoms with Crippen LogP contribution in [0.2, 0.25) is 10.0 Å². The molecule has 8 heteroatoms. The number of carbonyl (C=O) groups excluding carboxylic acids is 1. The van der Waals surface area contributed by atoms with Crippen LogP contribution in [-0.2, 0) is 21.2 Å². The molecule has 33 heavy (non-hydrogen) atoms. The number of halogens is 2. The van der Waals surface area contributed by atoms with Crippen molar-refractivity contribution in [1.29, 1.82) is 0 Å². The molecule has 172 valence electrons. The van der Waals surface area contributed by atoms with Crippen LogP contribution in [0.3, 0.4) is 0 Å². The zero-order chi connectivity index (χ0) is 23.4. The molecule has 0 N–H and O–H groups in total. The minimum atomic E-state index is -3.14. The molecule has 0 bridgehead atoms. The summed E-state index contributed by atoms with van der Waals surface area (Å²) in [4.78, 5) is 14.7. The fourth-order valence-corrected chi connectivity index (χ4v) is 6.15. The molecular weight excluding hydrogens is 481 g/mol. The predicted molar refractivity (Wildman–Crippen MR) is 131 cm³/mol. The molecule has 1 aliphatic rings. The van der Waals surface area contributed by atoms with Crippen LogP contribution < -0.4 is 4.74 Å². The van der Waals surface area contributed by atoms with E-state index >= 15 is 0 Å². The molecule has 0 radical (unpaired) electrons. The lowest BCUT2D eigenvalue weighted by Gasteiger charge is -2.28. The summed E-state index contributed by atoms with van der Waals surface area (Å²) in [5.41, 5.74) is 2.68. The molecule has 1 unspecified atom stereocenters. The summed E-state index contributed by atoms with van der Waals surface area (Å²) in [5.74, 6) is 0.414. The van der Waals surface area contributed by atoms with Crippen LogP contribution >= 0.6 is 23.2 Å². The highest BCUT2D eigenvalue weighted by Crippen LogP contribution is 2.31. The van der Waals surface area contributed by atoms with Crippen molar-refractivity contribution in [2.75, 3.05) is 18.1 Å². The summed E-state index contributed by atoms with van der Waals surface area (Å²) in [7, 11) is -3.14. The lowest BCUT2D eigenvalue weighted by atomic mass is 10.0. The van der Waals surface area contributed by atoms with E-state index in [0.29, 0.717) is 28.8 Å². The van der Waals surface area contributed by atoms with Gasteiger partial charge in [0.1, 0.15) is 5.75 Å². The minimum Gasteiger partial charge on any atom is -0.484 e. The van der Waals surface area contributed by atoms with Crippen LogP contribution in [0.4, 0.5) is 0 Å². The van der Waals surface area contributed by atoms with Gasteiger partial charge in [-0.05, 0) is 41.8 Å². The van der Waals surface area contributed by atoms with Crippen LogP contribution in [0.1, 0.15) is 12.0 Å². The molecule has 4 rings (SSSR count). The van der Waals surface area contributed by atoms with Gasteiger partial charge in [-0.2, -0.15) is 0 Å². The standard InChI is InChI=1S/C25H23Cl2NO4S/c26-20-10-11-23(24(27)14-20)19-8-6-18(7-9-19)15-28(21-12-13-33(30,31)17-21)25(29)16-32-22-4-2-1-3-5-22/h1-11,14,21H,12-13,15-17H2. The zero-order valence-corrected chi connectivity index (χ0v) is 20.1. The third kappa shape index (κ3) is 6.08. The highest BCUT2D eigenvalue weighted by atomic mass is 35.5. The predicted octanol–water partition coefficient (Wildman–Crippen LogP) is 5.26. The van der Waals surface area contributed by atoms with Crippen LogP contribution in [0.15, 0.2) is 72.8 Å². The van der Waals surface area contributed by atoms with E-state index in [4.69, 9.17) is 27.9 Å². The van der Waals surface area contributed by atoms with Crippen molar-refractivity contribution in [2.24, 2.45) is 0 Å². The van der Waals surface area contributed by atoms with Crippen molar-refractivity contribution in [1.82, 2.24) is 4.90 Å². The number of nitrogens with zero attached hydrogens (tertiary/aromatic N) is 1. The van der Waals surface area contributed by atoms with Crippen molar-refractivity contribution in [3.8, 4) is 16.9 Å². The fourth-order valence-electron chi connectivity index (χ4n) is 3.90. The van der Waals surface area contributed by atoms with E-state index < -0.39 is 9.84 Å². The SMILES string of the molecule is O=C(COc1ccccc1)N(Cc1ccc(-c2ccc(Cl)cc2Cl)cc1)C1CCS(=O)(=O)C1. The Balaban J connectivity index is 1.51. The second-order valence-corrected chi connectivity index (χ2v) is 11.1. The normalized spacial score (nSPS) is 17.0. The van der Waals surface area contributed by atoms with Gasteiger partial charge in [0.15, 0.2) is 16.4 Å². The number of benzene rings is 3. The largest absolute Gasteiger partial charge is 0.484 e. The van der Waals surface area contributed by atoms with Crippen LogP contribution in [-0.4, -0.2) is 43.4 Å². The third-order valence-corrected chi connectivity index (χ3v) is 7.92. The Bertz CT molecular complexity index is 1230. The van der Waals surface area contributed by atoms with Crippen molar-refractivity contribution < 1.29 is 17.9 Å². The van der Waals surface area contributed by atoms with Gasteiger partial charge in [-0.15, -0.1) is 0 Å². The van der Waals surface area contributed by atoms with Crippen molar-refractivity contribution in [3.63, 3.8) is 0 Å². The molecule has 0 aromatic heterocycles. The van der Waals surface area contributed by atoms with Gasteiger partial charge in [0, 0.05) is 28.2 Å². The smallest absolute Gasteiger partial charge is 0.261 e. The first kappa shape index (κ1) is 23.6. The van der Waals surface area contributed by atoms with Gasteiger partial charge in [-0.3, -0.25) is 4.79 Å². The Morgan fingerprint density at radius 1 is 1.00 bits per heavy atom. The number of hydrogen-bond donors (Lipinski definition) is 0. The molecule has 1 atom stereocenters. The maximum absolute atomic E-state index is 13.1. The van der Waals surface area contributed by atoms with Gasteiger partial charge in [0.2, 0.25) is 0 Å². The average molecular weight is 504 g/mol. The molecule has 0 spiro atoms. The topological polar surface area (TPSA) is 63.7 Å². The summed E-state index contributed by atoms with van der Waals surface area (Å²) in [5, 5.41) is 1.13. The van der Waals surface area contributed by atoms with E-state index in [9.17, 15) is 13.2 Å². The number of hydrogen-bond acceptors (Lipinski definition) is 4. The van der Waals surface area contributed by atoms with Gasteiger partial charge >= 0.3 is 0 Å². The number of para-hydroxylation sites is 1. The van der Waals surface area contributed by atoms with E-state index in [1.54, 1.807) is 29.2 Å². The molecule has 0 saturated carbocycles. The number of rotatable bonds is 7. The Morgan fingerprint density at radius 2 is 1.73 bits per heavy atom. The van der Waals surface area contributed by atoms with Crippen LogP contribution in [0.25, 0.3) is 11.1 Å². The first-order valence-electron chi connectivity index (χ1n) is 10.5. The Hall–Kier alpha value is -2.54. The maximum atomic E-state index is 13.1. The molecule has 1 saturated heterocycles. The Labute approximate surface area is 203 Å². The first-order valence-corrected chi connectivity index (χ1v) is 13.1. The van der Waals surface area contributed by atoms with E-state index in [0.717, 1.165) is 16.7 Å². The van der Waals surface area contributed by atoms with Crippen molar-refractivity contribution >= 4 is 38.9 Å². The lowest BCUT2D eigenvalue weighted by molar-refractivity contribution is -0.136. The van der Waals surface area contributed by atoms with Crippen molar-refractivity contribution in [3.05, 3.63) is 88.4 Å². The van der Waals surface area contributed by atoms with Gasteiger partial charge in [-0.1, -0.05) is 71.7 Å². The highest BCUT2D eigenvalue weighted by Gasteiger charge is 2.34. The summed E-state index contributed by atoms with van der Waals surface area (Å²) in [6.07, 6.45) is 0.428. The molecule has 0 aliphatic carbocycles. The average Bonchev–Trinajstić information content (AvgIpc) is 3.16. The van der Waals surface area contributed by atoms with Crippen molar-refractivity contribution in [2.45, 2.75) is 19.0 Å². The molecule has 1 heterocycles. The van der Waals surface area contributed by atoms with E-state index in [2.05, 4.69) is 0 Å². The number of ether oxygens (including phenoxy) is 1. The number of sulfone groups is 1. The van der Waals surface area contributed by atoms with Gasteiger partial charge in [0.05, 0.1) is 11.5 Å². The van der Waals surface area contributed by atoms with Gasteiger partial charge < -0.3 is 9.64 Å². The third-order valence-electron chi connectivity index (χ3n) is 5.62. The fraction of sp³-hybridized carbons (Fsp3) is 0.240. The van der Waals surface area contributed by atoms with E-state index in [1.807, 2.05) is 48.5 Å². The molecule has 1 aliphatic heterocycles. The number of amides is 1. The monoisotopic (exact) mass is 503 g/mol. The first-order chi connectivity index (χ1) is 15.8. The zero-order valence-electron chi connectivity index (χ0n) is 17.8. The van der Waals surface area contributed by atoms with E-state index in [-0.39, 0.29) is 30.1 Å². The Morgan fingerprint density at radius 3 is 2.36 bits per heavy atom. The quantitative estimate of drug-likeness (QED) is 0.441. The molecule has 1 amide bonds. The molecule has 1 fully saturated rings. The van der Waals surface area contributed by atoms with Gasteiger partial charge in [-0.25, -0.2) is 8.42 Å². The summed E-state index contributed by atoms with van der Waals surface area (Å²) >= 11 is 12.3. The molecule has 5 nitrogen and oxygen atoms in total. The van der Waals surface area contributed by atoms with Crippen LogP contribution in [0, 0.1) is 0 Å². The van der Waals surface area contributed by atoms with E-state index in [1.165, 1.54) is 0 Å². The highest BCUT2D eigenvalue weighted by molar-refractivity contribution is 7.91. The molecule has 3 aromatic carbocycles.